The predicted molar refractivity (Wildman–Crippen MR) is 46.8 cm³/mol. The highest BCUT2D eigenvalue weighted by molar-refractivity contribution is 9.09. The quantitative estimate of drug-likeness (QED) is 0.731. The second-order valence-corrected chi connectivity index (χ2v) is 4.07. The van der Waals surface area contributed by atoms with Crippen LogP contribution in [0.1, 0.15) is 16.4 Å². The van der Waals surface area contributed by atoms with Crippen LogP contribution in [-0.4, -0.2) is 15.5 Å². The van der Waals surface area contributed by atoms with Gasteiger partial charge in [-0.05, 0) is 13.3 Å². The number of hydrogen-bond acceptors (Lipinski definition) is 3. The summed E-state index contributed by atoms with van der Waals surface area (Å²) >= 11 is 5.05. The minimum atomic E-state index is 1.05. The van der Waals surface area contributed by atoms with E-state index in [4.69, 9.17) is 0 Å². The van der Waals surface area contributed by atoms with E-state index in [2.05, 4.69) is 26.1 Å². The van der Waals surface area contributed by atoms with Crippen molar-refractivity contribution in [1.29, 1.82) is 0 Å². The van der Waals surface area contributed by atoms with Crippen molar-refractivity contribution in [3.8, 4) is 0 Å². The molecule has 0 spiro atoms. The van der Waals surface area contributed by atoms with E-state index >= 15 is 0 Å². The molecule has 10 heavy (non-hydrogen) atoms. The summed E-state index contributed by atoms with van der Waals surface area (Å²) < 4.78 is 0. The summed E-state index contributed by atoms with van der Waals surface area (Å²) in [5.41, 5.74) is 0. The summed E-state index contributed by atoms with van der Waals surface area (Å²) in [5.74, 6) is 0. The second kappa shape index (κ2) is 4.03. The Morgan fingerprint density at radius 1 is 1.50 bits per heavy atom. The van der Waals surface area contributed by atoms with Gasteiger partial charge in [0.25, 0.3) is 0 Å². The van der Waals surface area contributed by atoms with Gasteiger partial charge in [0.15, 0.2) is 0 Å². The van der Waals surface area contributed by atoms with Crippen molar-refractivity contribution in [3.05, 3.63) is 10.0 Å². The molecule has 1 rings (SSSR count). The maximum Gasteiger partial charge on any atom is 0.117 e. The van der Waals surface area contributed by atoms with Crippen molar-refractivity contribution >= 4 is 27.3 Å². The Balaban J connectivity index is 2.42. The Kier molecular flexibility index (Phi) is 3.28. The van der Waals surface area contributed by atoms with Crippen molar-refractivity contribution in [2.24, 2.45) is 0 Å². The van der Waals surface area contributed by atoms with Gasteiger partial charge in [0, 0.05) is 11.8 Å². The molecule has 0 aromatic carbocycles. The predicted octanol–water partition coefficient (Wildman–Crippen LogP) is 2.17. The molecule has 0 aliphatic rings. The molecule has 0 N–H and O–H groups in total. The first-order valence-electron chi connectivity index (χ1n) is 3.18. The molecule has 0 atom stereocenters. The number of halogens is 1. The number of aryl methyl sites for hydroxylation is 2. The molecular weight excluding hydrogens is 212 g/mol. The van der Waals surface area contributed by atoms with Gasteiger partial charge in [-0.1, -0.05) is 15.9 Å². The lowest BCUT2D eigenvalue weighted by atomic mass is 10.4. The second-order valence-electron chi connectivity index (χ2n) is 2.01. The van der Waals surface area contributed by atoms with Crippen LogP contribution in [0.3, 0.4) is 0 Å². The molecule has 0 amide bonds. The Morgan fingerprint density at radius 2 is 2.30 bits per heavy atom. The average Bonchev–Trinajstić information content (AvgIpc) is 2.31. The molecule has 1 heterocycles. The molecule has 0 fully saturated rings. The Bertz CT molecular complexity index is 199. The minimum absolute atomic E-state index is 1.05. The molecule has 2 nitrogen and oxygen atoms in total. The fraction of sp³-hybridized carbons (Fsp3) is 0.667. The van der Waals surface area contributed by atoms with E-state index in [1.165, 1.54) is 0 Å². The molecule has 56 valence electrons. The maximum atomic E-state index is 4.00. The van der Waals surface area contributed by atoms with Gasteiger partial charge in [0.2, 0.25) is 0 Å². The van der Waals surface area contributed by atoms with Crippen LogP contribution in [0, 0.1) is 6.92 Å². The molecule has 0 saturated heterocycles. The van der Waals surface area contributed by atoms with E-state index in [9.17, 15) is 0 Å². The fourth-order valence-corrected chi connectivity index (χ4v) is 1.69. The summed E-state index contributed by atoms with van der Waals surface area (Å²) in [6.07, 6.45) is 2.20. The van der Waals surface area contributed by atoms with Gasteiger partial charge in [-0.25, -0.2) is 0 Å². The molecule has 0 bridgehead atoms. The van der Waals surface area contributed by atoms with E-state index in [0.29, 0.717) is 0 Å². The number of alkyl halides is 1. The van der Waals surface area contributed by atoms with Gasteiger partial charge in [-0.2, -0.15) is 0 Å². The summed E-state index contributed by atoms with van der Waals surface area (Å²) in [7, 11) is 0. The van der Waals surface area contributed by atoms with Crippen LogP contribution in [0.25, 0.3) is 0 Å². The Labute approximate surface area is 72.8 Å². The van der Waals surface area contributed by atoms with Crippen molar-refractivity contribution in [2.75, 3.05) is 5.33 Å². The normalized spacial score (nSPS) is 10.2. The van der Waals surface area contributed by atoms with E-state index in [0.717, 1.165) is 28.2 Å². The van der Waals surface area contributed by atoms with E-state index in [1.807, 2.05) is 6.92 Å². The topological polar surface area (TPSA) is 25.8 Å². The van der Waals surface area contributed by atoms with Gasteiger partial charge in [-0.15, -0.1) is 21.5 Å². The third kappa shape index (κ3) is 2.34. The largest absolute Gasteiger partial charge is 0.144 e. The van der Waals surface area contributed by atoms with Gasteiger partial charge >= 0.3 is 0 Å². The lowest BCUT2D eigenvalue weighted by Crippen LogP contribution is -1.83. The average molecular weight is 221 g/mol. The molecule has 0 radical (unpaired) electrons. The highest BCUT2D eigenvalue weighted by Gasteiger charge is 1.97. The molecule has 0 saturated carbocycles. The van der Waals surface area contributed by atoms with Crippen LogP contribution in [0.5, 0.6) is 0 Å². The standard InChI is InChI=1S/C6H9BrN2S/c1-5-8-9-6(10-5)3-2-4-7/h2-4H2,1H3. The summed E-state index contributed by atoms with van der Waals surface area (Å²) in [4.78, 5) is 0. The van der Waals surface area contributed by atoms with Gasteiger partial charge < -0.3 is 0 Å². The Hall–Kier alpha value is 0.0400. The lowest BCUT2D eigenvalue weighted by Gasteiger charge is -1.87. The molecule has 1 aromatic rings. The third-order valence-corrected chi connectivity index (χ3v) is 2.55. The maximum absolute atomic E-state index is 4.00. The molecule has 0 aliphatic carbocycles. The first-order valence-corrected chi connectivity index (χ1v) is 5.11. The van der Waals surface area contributed by atoms with Crippen molar-refractivity contribution in [1.82, 2.24) is 10.2 Å². The smallest absolute Gasteiger partial charge is 0.117 e. The molecule has 0 aliphatic heterocycles. The first kappa shape index (κ1) is 8.14. The van der Waals surface area contributed by atoms with Crippen molar-refractivity contribution < 1.29 is 0 Å². The van der Waals surface area contributed by atoms with Gasteiger partial charge in [-0.3, -0.25) is 0 Å². The molecule has 0 unspecified atom stereocenters. The number of hydrogen-bond donors (Lipinski definition) is 0. The van der Waals surface area contributed by atoms with Crippen LogP contribution in [0.15, 0.2) is 0 Å². The third-order valence-electron chi connectivity index (χ3n) is 1.09. The van der Waals surface area contributed by atoms with Crippen LogP contribution in [-0.2, 0) is 6.42 Å². The number of nitrogens with zero attached hydrogens (tertiary/aromatic N) is 2. The van der Waals surface area contributed by atoms with Crippen molar-refractivity contribution in [2.45, 2.75) is 19.8 Å². The number of aromatic nitrogens is 2. The zero-order valence-corrected chi connectivity index (χ0v) is 8.20. The molecule has 4 heteroatoms. The first-order chi connectivity index (χ1) is 4.83. The van der Waals surface area contributed by atoms with E-state index < -0.39 is 0 Å². The van der Waals surface area contributed by atoms with E-state index in [1.54, 1.807) is 11.3 Å². The lowest BCUT2D eigenvalue weighted by molar-refractivity contribution is 0.885. The monoisotopic (exact) mass is 220 g/mol. The summed E-state index contributed by atoms with van der Waals surface area (Å²) in [6, 6.07) is 0. The fourth-order valence-electron chi connectivity index (χ4n) is 0.657. The highest BCUT2D eigenvalue weighted by atomic mass is 79.9. The summed E-state index contributed by atoms with van der Waals surface area (Å²) in [5, 5.41) is 11.2. The minimum Gasteiger partial charge on any atom is -0.144 e. The summed E-state index contributed by atoms with van der Waals surface area (Å²) in [6.45, 7) is 1.98. The van der Waals surface area contributed by atoms with Crippen LogP contribution in [0.2, 0.25) is 0 Å². The molecular formula is C6H9BrN2S. The van der Waals surface area contributed by atoms with E-state index in [-0.39, 0.29) is 0 Å². The molecule has 1 aromatic heterocycles. The Morgan fingerprint density at radius 3 is 2.80 bits per heavy atom. The van der Waals surface area contributed by atoms with Crippen LogP contribution < -0.4 is 0 Å². The van der Waals surface area contributed by atoms with Crippen LogP contribution in [0.4, 0.5) is 0 Å². The SMILES string of the molecule is Cc1nnc(CCCBr)s1. The zero-order chi connectivity index (χ0) is 7.40. The van der Waals surface area contributed by atoms with Crippen molar-refractivity contribution in [3.63, 3.8) is 0 Å². The van der Waals surface area contributed by atoms with Gasteiger partial charge in [0.1, 0.15) is 10.0 Å². The van der Waals surface area contributed by atoms with Crippen LogP contribution >= 0.6 is 27.3 Å². The zero-order valence-electron chi connectivity index (χ0n) is 5.80. The highest BCUT2D eigenvalue weighted by Crippen LogP contribution is 2.10. The van der Waals surface area contributed by atoms with Gasteiger partial charge in [0.05, 0.1) is 0 Å². The number of rotatable bonds is 3.